The molecule has 0 saturated carbocycles. The van der Waals surface area contributed by atoms with Crippen LogP contribution in [0, 0.1) is 0 Å². The molecule has 2 aromatic heterocycles. The van der Waals surface area contributed by atoms with Gasteiger partial charge >= 0.3 is 0 Å². The fourth-order valence-corrected chi connectivity index (χ4v) is 6.90. The smallest absolute Gasteiger partial charge is 0.238 e. The Bertz CT molecular complexity index is 2390. The van der Waals surface area contributed by atoms with Gasteiger partial charge in [-0.05, 0) is 58.7 Å². The summed E-state index contributed by atoms with van der Waals surface area (Å²) in [5.41, 5.74) is 10.2. The van der Waals surface area contributed by atoms with Crippen LogP contribution in [0.2, 0.25) is 0 Å². The Morgan fingerprint density at radius 1 is 0.468 bits per heavy atom. The Hall–Kier alpha value is -6.07. The highest BCUT2D eigenvalue weighted by molar-refractivity contribution is 6.06. The van der Waals surface area contributed by atoms with Gasteiger partial charge in [0.25, 0.3) is 0 Å². The normalized spacial score (nSPS) is 13.4. The van der Waals surface area contributed by atoms with Crippen molar-refractivity contribution in [3.05, 3.63) is 157 Å². The summed E-state index contributed by atoms with van der Waals surface area (Å²) < 4.78 is 6.13. The lowest BCUT2D eigenvalue weighted by Crippen LogP contribution is -2.31. The van der Waals surface area contributed by atoms with Crippen molar-refractivity contribution in [3.63, 3.8) is 0 Å². The summed E-state index contributed by atoms with van der Waals surface area (Å²) in [7, 11) is 0. The molecule has 6 aromatic carbocycles. The number of nitrogens with zero attached hydrogens (tertiary/aromatic N) is 4. The van der Waals surface area contributed by atoms with Gasteiger partial charge in [-0.1, -0.05) is 123 Å². The monoisotopic (exact) mass is 606 g/mol. The van der Waals surface area contributed by atoms with Crippen molar-refractivity contribution >= 4 is 39.3 Å². The van der Waals surface area contributed by atoms with E-state index in [2.05, 4.69) is 91.5 Å². The molecule has 8 aromatic rings. The van der Waals surface area contributed by atoms with Crippen LogP contribution in [-0.4, -0.2) is 15.0 Å². The van der Waals surface area contributed by atoms with Crippen molar-refractivity contribution in [1.29, 1.82) is 0 Å². The van der Waals surface area contributed by atoms with E-state index < -0.39 is 0 Å². The molecule has 0 unspecified atom stereocenters. The van der Waals surface area contributed by atoms with Crippen LogP contribution in [0.5, 0.6) is 0 Å². The average Bonchev–Trinajstić information content (AvgIpc) is 3.50. The number of anilines is 3. The zero-order chi connectivity index (χ0) is 31.5. The van der Waals surface area contributed by atoms with E-state index in [4.69, 9.17) is 19.4 Å². The minimum atomic E-state index is -0.275. The second kappa shape index (κ2) is 10.5. The van der Waals surface area contributed by atoms with Gasteiger partial charge in [-0.3, -0.25) is 4.90 Å². The van der Waals surface area contributed by atoms with Crippen LogP contribution in [0.15, 0.2) is 150 Å². The molecule has 0 spiro atoms. The maximum Gasteiger partial charge on any atom is 0.238 e. The Kier molecular flexibility index (Phi) is 6.09. The zero-order valence-corrected chi connectivity index (χ0v) is 26.1. The van der Waals surface area contributed by atoms with E-state index in [9.17, 15) is 0 Å². The number of hydrogen-bond acceptors (Lipinski definition) is 5. The first-order chi connectivity index (χ1) is 23.0. The molecule has 0 saturated heterocycles. The van der Waals surface area contributed by atoms with Gasteiger partial charge in [-0.25, -0.2) is 4.98 Å². The van der Waals surface area contributed by atoms with E-state index in [0.29, 0.717) is 17.6 Å². The van der Waals surface area contributed by atoms with Crippen LogP contribution in [-0.2, 0) is 5.41 Å². The van der Waals surface area contributed by atoms with Gasteiger partial charge in [-0.2, -0.15) is 9.97 Å². The zero-order valence-electron chi connectivity index (χ0n) is 26.1. The third-order valence-electron chi connectivity index (χ3n) is 9.33. The highest BCUT2D eigenvalue weighted by atomic mass is 16.3. The molecule has 0 aliphatic carbocycles. The van der Waals surface area contributed by atoms with Crippen molar-refractivity contribution in [2.75, 3.05) is 4.90 Å². The van der Waals surface area contributed by atoms with Crippen molar-refractivity contribution in [2.45, 2.75) is 19.3 Å². The molecule has 9 rings (SSSR count). The quantitative estimate of drug-likeness (QED) is 0.199. The van der Waals surface area contributed by atoms with E-state index >= 15 is 0 Å². The molecular formula is C42H30N4O. The molecular weight excluding hydrogens is 576 g/mol. The summed E-state index contributed by atoms with van der Waals surface area (Å²) in [6.45, 7) is 4.60. The number of para-hydroxylation sites is 2. The molecule has 0 atom stereocenters. The Labute approximate surface area is 272 Å². The van der Waals surface area contributed by atoms with E-state index in [1.165, 1.54) is 11.1 Å². The number of hydrogen-bond donors (Lipinski definition) is 0. The standard InChI is InChI=1S/C42H30N4O/c1-42(2)33-18-10-11-19-35(33)46(41-44-39(27-13-5-3-6-14-27)43-40(45-41)28-15-7-4-8-16-28)36-23-21-30(26-34(36)42)29-22-24-38-32(25-29)31-17-9-12-20-37(31)47-38/h3-26H,1-2H3. The summed E-state index contributed by atoms with van der Waals surface area (Å²) >= 11 is 0. The first kappa shape index (κ1) is 27.3. The van der Waals surface area contributed by atoms with Gasteiger partial charge in [0, 0.05) is 27.3 Å². The summed E-state index contributed by atoms with van der Waals surface area (Å²) in [6, 6.07) is 50.3. The van der Waals surface area contributed by atoms with Gasteiger partial charge in [0.2, 0.25) is 5.95 Å². The van der Waals surface area contributed by atoms with Crippen molar-refractivity contribution < 1.29 is 4.42 Å². The SMILES string of the molecule is CC1(C)c2ccccc2N(c2nc(-c3ccccc3)nc(-c3ccccc3)n2)c2ccc(-c3ccc4oc5ccccc5c4c3)cc21. The summed E-state index contributed by atoms with van der Waals surface area (Å²) in [5.74, 6) is 1.85. The molecule has 5 nitrogen and oxygen atoms in total. The summed E-state index contributed by atoms with van der Waals surface area (Å²) in [6.07, 6.45) is 0. The van der Waals surface area contributed by atoms with E-state index in [1.54, 1.807) is 0 Å². The van der Waals surface area contributed by atoms with Gasteiger partial charge in [0.05, 0.1) is 11.4 Å². The molecule has 0 fully saturated rings. The third kappa shape index (κ3) is 4.43. The van der Waals surface area contributed by atoms with Crippen LogP contribution in [0.25, 0.3) is 55.8 Å². The lowest BCUT2D eigenvalue weighted by Gasteiger charge is -2.41. The van der Waals surface area contributed by atoms with Crippen LogP contribution in [0.3, 0.4) is 0 Å². The largest absolute Gasteiger partial charge is 0.456 e. The number of benzene rings is 6. The Morgan fingerprint density at radius 3 is 1.79 bits per heavy atom. The minimum absolute atomic E-state index is 0.275. The number of furan rings is 1. The van der Waals surface area contributed by atoms with Crippen molar-refractivity contribution in [3.8, 4) is 33.9 Å². The van der Waals surface area contributed by atoms with Gasteiger partial charge < -0.3 is 4.42 Å². The van der Waals surface area contributed by atoms with Crippen LogP contribution in [0.4, 0.5) is 17.3 Å². The second-order valence-corrected chi connectivity index (χ2v) is 12.5. The molecule has 0 radical (unpaired) electrons. The van der Waals surface area contributed by atoms with Gasteiger partial charge in [-0.15, -0.1) is 0 Å². The predicted molar refractivity (Wildman–Crippen MR) is 190 cm³/mol. The predicted octanol–water partition coefficient (Wildman–Crippen LogP) is 10.9. The lowest BCUT2D eigenvalue weighted by molar-refractivity contribution is 0.631. The molecule has 224 valence electrons. The lowest BCUT2D eigenvalue weighted by atomic mass is 9.73. The van der Waals surface area contributed by atoms with E-state index in [-0.39, 0.29) is 5.41 Å². The molecule has 0 N–H and O–H groups in total. The third-order valence-corrected chi connectivity index (χ3v) is 9.33. The highest BCUT2D eigenvalue weighted by Gasteiger charge is 2.38. The fraction of sp³-hybridized carbons (Fsp3) is 0.0714. The van der Waals surface area contributed by atoms with E-state index in [0.717, 1.165) is 55.6 Å². The molecule has 1 aliphatic heterocycles. The van der Waals surface area contributed by atoms with Crippen LogP contribution < -0.4 is 4.90 Å². The molecule has 0 amide bonds. The van der Waals surface area contributed by atoms with Crippen molar-refractivity contribution in [1.82, 2.24) is 15.0 Å². The number of rotatable bonds is 4. The van der Waals surface area contributed by atoms with E-state index in [1.807, 2.05) is 72.8 Å². The fourth-order valence-electron chi connectivity index (χ4n) is 6.90. The first-order valence-electron chi connectivity index (χ1n) is 15.9. The number of aromatic nitrogens is 3. The van der Waals surface area contributed by atoms with Crippen molar-refractivity contribution in [2.24, 2.45) is 0 Å². The average molecular weight is 607 g/mol. The van der Waals surface area contributed by atoms with Gasteiger partial charge in [0.1, 0.15) is 11.2 Å². The highest BCUT2D eigenvalue weighted by Crippen LogP contribution is 2.52. The summed E-state index contributed by atoms with van der Waals surface area (Å²) in [4.78, 5) is 17.4. The second-order valence-electron chi connectivity index (χ2n) is 12.5. The number of fused-ring (bicyclic) bond motifs is 5. The molecule has 0 bridgehead atoms. The Balaban J connectivity index is 1.25. The molecule has 5 heteroatoms. The maximum absolute atomic E-state index is 6.13. The molecule has 47 heavy (non-hydrogen) atoms. The topological polar surface area (TPSA) is 55.1 Å². The van der Waals surface area contributed by atoms with Crippen LogP contribution in [0.1, 0.15) is 25.0 Å². The Morgan fingerprint density at radius 2 is 1.04 bits per heavy atom. The van der Waals surface area contributed by atoms with Crippen LogP contribution >= 0.6 is 0 Å². The minimum Gasteiger partial charge on any atom is -0.456 e. The van der Waals surface area contributed by atoms with Gasteiger partial charge in [0.15, 0.2) is 11.6 Å². The first-order valence-corrected chi connectivity index (χ1v) is 15.9. The molecule has 3 heterocycles. The summed E-state index contributed by atoms with van der Waals surface area (Å²) in [5, 5.41) is 2.25. The molecule has 1 aliphatic rings. The maximum atomic E-state index is 6.13.